The third-order valence-electron chi connectivity index (χ3n) is 0.920. The molecule has 0 spiro atoms. The topological polar surface area (TPSA) is 92.5 Å². The maximum absolute atomic E-state index is 10.6. The van der Waals surface area contributed by atoms with E-state index in [-0.39, 0.29) is 13.0 Å². The van der Waals surface area contributed by atoms with Gasteiger partial charge in [0.2, 0.25) is 0 Å². The summed E-state index contributed by atoms with van der Waals surface area (Å²) in [5, 5.41) is -1.16. The predicted molar refractivity (Wildman–Crippen MR) is 38.1 cm³/mol. The molecule has 2 N–H and O–H groups in total. The van der Waals surface area contributed by atoms with Gasteiger partial charge in [0.15, 0.2) is 0 Å². The van der Waals surface area contributed by atoms with E-state index in [2.05, 4.69) is 4.74 Å². The summed E-state index contributed by atoms with van der Waals surface area (Å²) < 4.78 is 24.7. The van der Waals surface area contributed by atoms with Gasteiger partial charge in [-0.3, -0.25) is 9.00 Å². The average Bonchev–Trinajstić information content (AvgIpc) is 1.87. The molecular weight excluding hydrogens is 170 g/mol. The first-order valence-corrected chi connectivity index (χ1v) is 4.21. The number of hydrogen-bond acceptors (Lipinski definition) is 5. The minimum Gasteiger partial charge on any atom is -0.771 e. The van der Waals surface area contributed by atoms with Gasteiger partial charge < -0.3 is 15.0 Å². The van der Waals surface area contributed by atoms with Crippen molar-refractivity contribution in [2.24, 2.45) is 5.73 Å². The first kappa shape index (κ1) is 10.5. The minimum absolute atomic E-state index is 0.233. The largest absolute Gasteiger partial charge is 0.771 e. The predicted octanol–water partition coefficient (Wildman–Crippen LogP) is -0.896. The molecule has 0 fully saturated rings. The minimum atomic E-state index is -2.41. The molecule has 2 unspecified atom stereocenters. The number of rotatable bonds is 4. The van der Waals surface area contributed by atoms with E-state index >= 15 is 0 Å². The molecule has 0 amide bonds. The highest BCUT2D eigenvalue weighted by molar-refractivity contribution is 7.79. The Labute approximate surface area is 67.2 Å². The lowest BCUT2D eigenvalue weighted by molar-refractivity contribution is -0.143. The third-order valence-corrected chi connectivity index (χ3v) is 1.58. The summed E-state index contributed by atoms with van der Waals surface area (Å²) in [4.78, 5) is 10.6. The third kappa shape index (κ3) is 4.88. The molecule has 6 heteroatoms. The van der Waals surface area contributed by atoms with Crippen LogP contribution < -0.4 is 5.73 Å². The smallest absolute Gasteiger partial charge is 0.308 e. The molecule has 0 rings (SSSR count). The van der Waals surface area contributed by atoms with Gasteiger partial charge >= 0.3 is 5.97 Å². The Bertz CT molecular complexity index is 161. The van der Waals surface area contributed by atoms with E-state index in [9.17, 15) is 13.6 Å². The Morgan fingerprint density at radius 3 is 2.73 bits per heavy atom. The number of carbonyl (C=O) groups excluding carboxylic acids is 1. The van der Waals surface area contributed by atoms with Crippen LogP contribution in [0.1, 0.15) is 13.3 Å². The first-order chi connectivity index (χ1) is 5.07. The van der Waals surface area contributed by atoms with Gasteiger partial charge in [-0.2, -0.15) is 0 Å². The zero-order valence-electron chi connectivity index (χ0n) is 6.11. The van der Waals surface area contributed by atoms with Crippen molar-refractivity contribution in [3.8, 4) is 0 Å². The van der Waals surface area contributed by atoms with Gasteiger partial charge in [0, 0.05) is 0 Å². The van der Waals surface area contributed by atoms with Gasteiger partial charge in [0.05, 0.1) is 18.4 Å². The Morgan fingerprint density at radius 2 is 2.36 bits per heavy atom. The lowest BCUT2D eigenvalue weighted by atomic mass is 10.4. The molecule has 0 aliphatic carbocycles. The van der Waals surface area contributed by atoms with E-state index in [0.29, 0.717) is 0 Å². The maximum atomic E-state index is 10.6. The van der Waals surface area contributed by atoms with E-state index < -0.39 is 22.4 Å². The number of nitrogens with two attached hydrogens (primary N) is 1. The molecule has 11 heavy (non-hydrogen) atoms. The molecule has 0 bridgehead atoms. The zero-order valence-corrected chi connectivity index (χ0v) is 6.93. The molecule has 0 saturated heterocycles. The molecule has 0 heterocycles. The van der Waals surface area contributed by atoms with Crippen molar-refractivity contribution in [2.45, 2.75) is 18.7 Å². The Kier molecular flexibility index (Phi) is 5.01. The lowest BCUT2D eigenvalue weighted by Crippen LogP contribution is -2.29. The van der Waals surface area contributed by atoms with E-state index in [4.69, 9.17) is 5.73 Å². The monoisotopic (exact) mass is 180 g/mol. The Hall–Kier alpha value is -0.460. The molecule has 5 nitrogen and oxygen atoms in total. The summed E-state index contributed by atoms with van der Waals surface area (Å²) in [7, 11) is 0. The van der Waals surface area contributed by atoms with Crippen LogP contribution in [-0.4, -0.2) is 26.7 Å². The van der Waals surface area contributed by atoms with Gasteiger partial charge in [-0.1, -0.05) is 0 Å². The lowest BCUT2D eigenvalue weighted by Gasteiger charge is -2.12. The molecular formula is C5H10NO4S-. The van der Waals surface area contributed by atoms with Crippen LogP contribution in [0.15, 0.2) is 0 Å². The van der Waals surface area contributed by atoms with Gasteiger partial charge in [0.1, 0.15) is 0 Å². The number of ether oxygens (including phenoxy) is 1. The fraction of sp³-hybridized carbons (Fsp3) is 0.800. The van der Waals surface area contributed by atoms with Gasteiger partial charge in [0.25, 0.3) is 0 Å². The van der Waals surface area contributed by atoms with Crippen LogP contribution in [0.4, 0.5) is 0 Å². The van der Waals surface area contributed by atoms with Crippen molar-refractivity contribution in [2.75, 3.05) is 6.61 Å². The highest BCUT2D eigenvalue weighted by atomic mass is 32.2. The van der Waals surface area contributed by atoms with Crippen LogP contribution in [-0.2, 0) is 20.6 Å². The summed E-state index contributed by atoms with van der Waals surface area (Å²) in [6.45, 7) is 1.87. The number of esters is 1. The van der Waals surface area contributed by atoms with Crippen molar-refractivity contribution >= 4 is 17.0 Å². The molecule has 0 aromatic carbocycles. The summed E-state index contributed by atoms with van der Waals surface area (Å²) in [6, 6.07) is 0. The number of carbonyl (C=O) groups is 1. The van der Waals surface area contributed by atoms with Crippen molar-refractivity contribution in [1.29, 1.82) is 0 Å². The highest BCUT2D eigenvalue weighted by Gasteiger charge is 2.09. The molecule has 0 aromatic rings. The second kappa shape index (κ2) is 5.22. The van der Waals surface area contributed by atoms with Crippen LogP contribution in [0.5, 0.6) is 0 Å². The molecule has 0 radical (unpaired) electrons. The molecule has 0 saturated carbocycles. The summed E-state index contributed by atoms with van der Waals surface area (Å²) >= 11 is -2.41. The fourth-order valence-electron chi connectivity index (χ4n) is 0.452. The Morgan fingerprint density at radius 1 is 1.82 bits per heavy atom. The fourth-order valence-corrected chi connectivity index (χ4v) is 0.724. The molecule has 0 aliphatic heterocycles. The zero-order chi connectivity index (χ0) is 8.85. The first-order valence-electron chi connectivity index (χ1n) is 3.07. The van der Waals surface area contributed by atoms with Crippen molar-refractivity contribution in [3.05, 3.63) is 0 Å². The normalized spacial score (nSPS) is 15.5. The number of hydrogen-bond donors (Lipinski definition) is 1. The second-order valence-electron chi connectivity index (χ2n) is 1.81. The van der Waals surface area contributed by atoms with Crippen molar-refractivity contribution in [3.63, 3.8) is 0 Å². The van der Waals surface area contributed by atoms with Crippen LogP contribution in [0.3, 0.4) is 0 Å². The summed E-state index contributed by atoms with van der Waals surface area (Å²) in [5.41, 5.74) is 5.03. The van der Waals surface area contributed by atoms with E-state index in [1.807, 2.05) is 0 Å². The Balaban J connectivity index is 3.66. The molecule has 66 valence electrons. The standard InChI is InChI=1S/C5H11NO4S/c1-2-10-5(7)3-4(6)11(8)9/h4H,2-3,6H2,1H3,(H,8,9)/p-1. The van der Waals surface area contributed by atoms with Crippen molar-refractivity contribution in [1.82, 2.24) is 0 Å². The van der Waals surface area contributed by atoms with Gasteiger partial charge in [-0.05, 0) is 18.0 Å². The molecule has 2 atom stereocenters. The van der Waals surface area contributed by atoms with E-state index in [1.54, 1.807) is 6.92 Å². The van der Waals surface area contributed by atoms with Crippen LogP contribution in [0.25, 0.3) is 0 Å². The second-order valence-corrected chi connectivity index (χ2v) is 2.93. The highest BCUT2D eigenvalue weighted by Crippen LogP contribution is 1.94. The maximum Gasteiger partial charge on any atom is 0.308 e. The van der Waals surface area contributed by atoms with E-state index in [0.717, 1.165) is 0 Å². The summed E-state index contributed by atoms with van der Waals surface area (Å²) in [6.07, 6.45) is -0.288. The van der Waals surface area contributed by atoms with Crippen molar-refractivity contribution < 1.29 is 18.3 Å². The quantitative estimate of drug-likeness (QED) is 0.447. The molecule has 0 aliphatic rings. The van der Waals surface area contributed by atoms with E-state index in [1.165, 1.54) is 0 Å². The van der Waals surface area contributed by atoms with Gasteiger partial charge in [-0.15, -0.1) is 0 Å². The SMILES string of the molecule is CCOC(=O)CC(N)S(=O)[O-]. The van der Waals surface area contributed by atoms with Crippen LogP contribution in [0, 0.1) is 0 Å². The average molecular weight is 180 g/mol. The van der Waals surface area contributed by atoms with Gasteiger partial charge in [-0.25, -0.2) is 0 Å². The summed E-state index contributed by atoms with van der Waals surface area (Å²) in [5.74, 6) is -0.593. The van der Waals surface area contributed by atoms with Crippen LogP contribution >= 0.6 is 0 Å². The van der Waals surface area contributed by atoms with Crippen LogP contribution in [0.2, 0.25) is 0 Å². The molecule has 0 aromatic heterocycles.